The third kappa shape index (κ3) is 2.38. The van der Waals surface area contributed by atoms with Crippen molar-refractivity contribution in [3.05, 3.63) is 54.3 Å². The van der Waals surface area contributed by atoms with Crippen molar-refractivity contribution in [2.45, 2.75) is 6.23 Å². The van der Waals surface area contributed by atoms with E-state index in [-0.39, 0.29) is 6.23 Å². The zero-order valence-electron chi connectivity index (χ0n) is 8.05. The fourth-order valence-corrected chi connectivity index (χ4v) is 1.26. The maximum Gasteiger partial charge on any atom is 0.189 e. The molecule has 0 spiro atoms. The molecule has 1 aliphatic heterocycles. The largest absolute Gasteiger partial charge is 0.467 e. The lowest BCUT2D eigenvalue weighted by molar-refractivity contribution is 0.227. The zero-order chi connectivity index (χ0) is 10.5. The Morgan fingerprint density at radius 3 is 2.67 bits per heavy atom. The van der Waals surface area contributed by atoms with E-state index in [4.69, 9.17) is 10.00 Å². The lowest BCUT2D eigenvalue weighted by atomic mass is 10.2. The highest BCUT2D eigenvalue weighted by atomic mass is 16.5. The van der Waals surface area contributed by atoms with Crippen LogP contribution in [-0.4, -0.2) is 6.23 Å². The second kappa shape index (κ2) is 4.34. The number of nitrogens with zero attached hydrogens (tertiary/aromatic N) is 1. The van der Waals surface area contributed by atoms with Crippen LogP contribution in [-0.2, 0) is 0 Å². The van der Waals surface area contributed by atoms with Crippen LogP contribution in [0.3, 0.4) is 0 Å². The smallest absolute Gasteiger partial charge is 0.189 e. The quantitative estimate of drug-likeness (QED) is 0.790. The van der Waals surface area contributed by atoms with E-state index >= 15 is 0 Å². The third-order valence-corrected chi connectivity index (χ3v) is 1.99. The molecule has 3 nitrogen and oxygen atoms in total. The predicted octanol–water partition coefficient (Wildman–Crippen LogP) is 1.96. The number of allylic oxidation sites excluding steroid dienone is 2. The Balaban J connectivity index is 1.98. The first-order valence-corrected chi connectivity index (χ1v) is 4.65. The highest BCUT2D eigenvalue weighted by Crippen LogP contribution is 2.12. The molecule has 1 N–H and O–H groups in total. The van der Waals surface area contributed by atoms with E-state index in [1.807, 2.05) is 42.5 Å². The highest BCUT2D eigenvalue weighted by molar-refractivity contribution is 5.35. The molecule has 1 heterocycles. The molecule has 0 radical (unpaired) electrons. The third-order valence-electron chi connectivity index (χ3n) is 1.99. The summed E-state index contributed by atoms with van der Waals surface area (Å²) >= 11 is 0. The van der Waals surface area contributed by atoms with Gasteiger partial charge in [-0.3, -0.25) is 0 Å². The van der Waals surface area contributed by atoms with Crippen LogP contribution < -0.4 is 10.1 Å². The van der Waals surface area contributed by atoms with E-state index < -0.39 is 0 Å². The number of para-hydroxylation sites is 1. The van der Waals surface area contributed by atoms with Gasteiger partial charge < -0.3 is 10.1 Å². The Morgan fingerprint density at radius 2 is 2.07 bits per heavy atom. The summed E-state index contributed by atoms with van der Waals surface area (Å²) in [5.41, 5.74) is 0.600. The second-order valence-electron chi connectivity index (χ2n) is 3.09. The van der Waals surface area contributed by atoms with E-state index in [1.165, 1.54) is 0 Å². The van der Waals surface area contributed by atoms with Gasteiger partial charge in [-0.25, -0.2) is 0 Å². The van der Waals surface area contributed by atoms with E-state index in [1.54, 1.807) is 12.3 Å². The van der Waals surface area contributed by atoms with Crippen LogP contribution in [0, 0.1) is 11.3 Å². The summed E-state index contributed by atoms with van der Waals surface area (Å²) < 4.78 is 5.60. The summed E-state index contributed by atoms with van der Waals surface area (Å²) in [6, 6.07) is 11.6. The lowest BCUT2D eigenvalue weighted by Crippen LogP contribution is -2.30. The van der Waals surface area contributed by atoms with Crippen molar-refractivity contribution in [3.63, 3.8) is 0 Å². The van der Waals surface area contributed by atoms with Gasteiger partial charge in [0.25, 0.3) is 0 Å². The minimum absolute atomic E-state index is 0.204. The van der Waals surface area contributed by atoms with Gasteiger partial charge >= 0.3 is 0 Å². The van der Waals surface area contributed by atoms with Gasteiger partial charge in [0.2, 0.25) is 0 Å². The molecule has 0 saturated heterocycles. The van der Waals surface area contributed by atoms with Crippen molar-refractivity contribution in [3.8, 4) is 11.8 Å². The average Bonchev–Trinajstić information content (AvgIpc) is 2.31. The van der Waals surface area contributed by atoms with Crippen LogP contribution >= 0.6 is 0 Å². The molecule has 0 bridgehead atoms. The summed E-state index contributed by atoms with van der Waals surface area (Å²) in [7, 11) is 0. The summed E-state index contributed by atoms with van der Waals surface area (Å²) in [5, 5.41) is 11.6. The molecule has 0 fully saturated rings. The first-order valence-electron chi connectivity index (χ1n) is 4.65. The Labute approximate surface area is 88.3 Å². The Bertz CT molecular complexity index is 429. The first kappa shape index (κ1) is 9.35. The fraction of sp³-hybridized carbons (Fsp3) is 0.0833. The van der Waals surface area contributed by atoms with Gasteiger partial charge in [0.15, 0.2) is 6.23 Å². The molecule has 3 heteroatoms. The summed E-state index contributed by atoms with van der Waals surface area (Å²) in [4.78, 5) is 0. The van der Waals surface area contributed by atoms with E-state index in [2.05, 4.69) is 5.32 Å². The first-order chi connectivity index (χ1) is 7.38. The number of rotatable bonds is 2. The molecular formula is C12H10N2O. The second-order valence-corrected chi connectivity index (χ2v) is 3.09. The molecule has 1 atom stereocenters. The predicted molar refractivity (Wildman–Crippen MR) is 56.8 cm³/mol. The molecule has 0 amide bonds. The molecule has 0 saturated carbocycles. The molecular weight excluding hydrogens is 188 g/mol. The molecule has 1 aliphatic rings. The van der Waals surface area contributed by atoms with E-state index in [0.717, 1.165) is 5.75 Å². The van der Waals surface area contributed by atoms with Crippen molar-refractivity contribution in [2.24, 2.45) is 0 Å². The Morgan fingerprint density at radius 1 is 1.27 bits per heavy atom. The van der Waals surface area contributed by atoms with Gasteiger partial charge in [-0.05, 0) is 24.3 Å². The molecule has 15 heavy (non-hydrogen) atoms. The number of benzene rings is 1. The van der Waals surface area contributed by atoms with Gasteiger partial charge in [-0.2, -0.15) is 5.26 Å². The fourth-order valence-electron chi connectivity index (χ4n) is 1.26. The van der Waals surface area contributed by atoms with Crippen molar-refractivity contribution in [1.82, 2.24) is 5.32 Å². The summed E-state index contributed by atoms with van der Waals surface area (Å²) in [5.74, 6) is 0.799. The van der Waals surface area contributed by atoms with Crippen molar-refractivity contribution in [1.29, 1.82) is 5.26 Å². The molecule has 2 rings (SSSR count). The summed E-state index contributed by atoms with van der Waals surface area (Å²) in [6.45, 7) is 0. The minimum Gasteiger partial charge on any atom is -0.467 e. The van der Waals surface area contributed by atoms with Crippen molar-refractivity contribution in [2.75, 3.05) is 0 Å². The zero-order valence-corrected chi connectivity index (χ0v) is 8.05. The van der Waals surface area contributed by atoms with Crippen LogP contribution in [0.15, 0.2) is 54.3 Å². The number of dihydropyridines is 1. The molecule has 1 aromatic carbocycles. The van der Waals surface area contributed by atoms with Crippen LogP contribution in [0.1, 0.15) is 0 Å². The summed E-state index contributed by atoms with van der Waals surface area (Å²) in [6.07, 6.45) is 4.99. The van der Waals surface area contributed by atoms with Crippen molar-refractivity contribution < 1.29 is 4.74 Å². The van der Waals surface area contributed by atoms with Crippen LogP contribution in [0.5, 0.6) is 5.75 Å². The molecule has 0 aromatic heterocycles. The topological polar surface area (TPSA) is 45.0 Å². The van der Waals surface area contributed by atoms with Crippen molar-refractivity contribution >= 4 is 0 Å². The monoisotopic (exact) mass is 198 g/mol. The number of ether oxygens (including phenoxy) is 1. The van der Waals surface area contributed by atoms with Gasteiger partial charge in [-0.1, -0.05) is 18.2 Å². The number of nitriles is 1. The maximum absolute atomic E-state index is 8.62. The minimum atomic E-state index is -0.204. The molecule has 0 unspecified atom stereocenters. The lowest BCUT2D eigenvalue weighted by Gasteiger charge is -2.18. The van der Waals surface area contributed by atoms with Gasteiger partial charge in [0, 0.05) is 6.20 Å². The maximum atomic E-state index is 8.62. The normalized spacial score (nSPS) is 18.6. The standard InChI is InChI=1S/C12H10N2O/c13-8-10-6-7-12(14-9-10)15-11-4-2-1-3-5-11/h1-7,9,12,14H/t12-/m1/s1. The van der Waals surface area contributed by atoms with Gasteiger partial charge in [-0.15, -0.1) is 0 Å². The van der Waals surface area contributed by atoms with Gasteiger partial charge in [0.05, 0.1) is 5.57 Å². The van der Waals surface area contributed by atoms with Crippen LogP contribution in [0.25, 0.3) is 0 Å². The average molecular weight is 198 g/mol. The number of nitrogens with one attached hydrogen (secondary N) is 1. The Hall–Kier alpha value is -2.21. The Kier molecular flexibility index (Phi) is 2.70. The molecule has 1 aromatic rings. The molecule has 74 valence electrons. The number of hydrogen-bond donors (Lipinski definition) is 1. The van der Waals surface area contributed by atoms with E-state index in [9.17, 15) is 0 Å². The SMILES string of the molecule is N#CC1=CN[C@H](Oc2ccccc2)C=C1. The molecule has 0 aliphatic carbocycles. The van der Waals surface area contributed by atoms with Crippen LogP contribution in [0.4, 0.5) is 0 Å². The van der Waals surface area contributed by atoms with E-state index in [0.29, 0.717) is 5.57 Å². The number of hydrogen-bond acceptors (Lipinski definition) is 3. The highest BCUT2D eigenvalue weighted by Gasteiger charge is 2.07. The van der Waals surface area contributed by atoms with Crippen LogP contribution in [0.2, 0.25) is 0 Å². The van der Waals surface area contributed by atoms with Gasteiger partial charge in [0.1, 0.15) is 11.8 Å².